The van der Waals surface area contributed by atoms with Crippen molar-refractivity contribution in [3.8, 4) is 0 Å². The molecule has 1 fully saturated rings. The average molecular weight is 284 g/mol. The molecule has 2 unspecified atom stereocenters. The molecule has 0 amide bonds. The van der Waals surface area contributed by atoms with Gasteiger partial charge in [-0.25, -0.2) is 0 Å². The zero-order valence-electron chi connectivity index (χ0n) is 9.15. The minimum atomic E-state index is -0.0844. The maximum atomic E-state index is 11.5. The predicted octanol–water partition coefficient (Wildman–Crippen LogP) is 2.64. The first kappa shape index (κ1) is 11.6. The van der Waals surface area contributed by atoms with E-state index < -0.39 is 0 Å². The van der Waals surface area contributed by atoms with E-state index in [9.17, 15) is 4.79 Å². The van der Waals surface area contributed by atoms with E-state index >= 15 is 0 Å². The molecule has 1 saturated carbocycles. The lowest BCUT2D eigenvalue weighted by Crippen LogP contribution is -2.07. The van der Waals surface area contributed by atoms with Crippen LogP contribution in [-0.4, -0.2) is 17.6 Å². The van der Waals surface area contributed by atoms with Gasteiger partial charge in [0.1, 0.15) is 0 Å². The van der Waals surface area contributed by atoms with E-state index in [4.69, 9.17) is 4.74 Å². The van der Waals surface area contributed by atoms with Crippen LogP contribution in [0, 0.1) is 5.92 Å². The van der Waals surface area contributed by atoms with Crippen LogP contribution in [0.5, 0.6) is 0 Å². The molecule has 4 heteroatoms. The van der Waals surface area contributed by atoms with Gasteiger partial charge in [0.2, 0.25) is 0 Å². The van der Waals surface area contributed by atoms with Crippen LogP contribution in [0.3, 0.4) is 0 Å². The van der Waals surface area contributed by atoms with Gasteiger partial charge in [-0.3, -0.25) is 9.78 Å². The van der Waals surface area contributed by atoms with Crippen LogP contribution in [0.25, 0.3) is 0 Å². The molecule has 2 rings (SSSR count). The van der Waals surface area contributed by atoms with Crippen molar-refractivity contribution in [1.29, 1.82) is 0 Å². The fraction of sp³-hybridized carbons (Fsp3) is 0.500. The van der Waals surface area contributed by atoms with Crippen molar-refractivity contribution in [1.82, 2.24) is 4.98 Å². The van der Waals surface area contributed by atoms with Crippen LogP contribution in [0.2, 0.25) is 0 Å². The molecular formula is C12H14BrNO2. The van der Waals surface area contributed by atoms with E-state index in [-0.39, 0.29) is 17.8 Å². The van der Waals surface area contributed by atoms with Gasteiger partial charge in [0.15, 0.2) is 0 Å². The summed E-state index contributed by atoms with van der Waals surface area (Å²) in [6.45, 7) is 2.29. The summed E-state index contributed by atoms with van der Waals surface area (Å²) in [7, 11) is 0. The highest BCUT2D eigenvalue weighted by Crippen LogP contribution is 2.47. The molecule has 1 aliphatic carbocycles. The molecule has 16 heavy (non-hydrogen) atoms. The Morgan fingerprint density at radius 3 is 3.00 bits per heavy atom. The Balaban J connectivity index is 1.97. The summed E-state index contributed by atoms with van der Waals surface area (Å²) in [6, 6.07) is 4.04. The van der Waals surface area contributed by atoms with Crippen LogP contribution in [0.1, 0.15) is 30.5 Å². The minimum absolute atomic E-state index is 0.0299. The SMILES string of the molecule is CCOC(=O)C1CC1c1ccc(CBr)cn1. The number of halogens is 1. The van der Waals surface area contributed by atoms with E-state index in [0.29, 0.717) is 6.61 Å². The summed E-state index contributed by atoms with van der Waals surface area (Å²) in [5.41, 5.74) is 2.15. The summed E-state index contributed by atoms with van der Waals surface area (Å²) in [4.78, 5) is 15.8. The summed E-state index contributed by atoms with van der Waals surface area (Å²) in [5.74, 6) is 0.213. The third-order valence-electron chi connectivity index (χ3n) is 2.76. The smallest absolute Gasteiger partial charge is 0.309 e. The van der Waals surface area contributed by atoms with Crippen LogP contribution in [0.15, 0.2) is 18.3 Å². The summed E-state index contributed by atoms with van der Waals surface area (Å²) >= 11 is 3.38. The van der Waals surface area contributed by atoms with Gasteiger partial charge < -0.3 is 4.74 Å². The number of rotatable bonds is 4. The lowest BCUT2D eigenvalue weighted by atomic mass is 10.2. The number of hydrogen-bond donors (Lipinski definition) is 0. The Morgan fingerprint density at radius 2 is 2.44 bits per heavy atom. The molecule has 0 bridgehead atoms. The summed E-state index contributed by atoms with van der Waals surface area (Å²) < 4.78 is 4.99. The second-order valence-electron chi connectivity index (χ2n) is 3.93. The molecule has 86 valence electrons. The quantitative estimate of drug-likeness (QED) is 0.630. The topological polar surface area (TPSA) is 39.2 Å². The molecule has 2 atom stereocenters. The largest absolute Gasteiger partial charge is 0.466 e. The van der Waals surface area contributed by atoms with Gasteiger partial charge in [-0.05, 0) is 25.0 Å². The molecular weight excluding hydrogens is 270 g/mol. The number of ether oxygens (including phenoxy) is 1. The third kappa shape index (κ3) is 2.43. The zero-order valence-corrected chi connectivity index (χ0v) is 10.7. The van der Waals surface area contributed by atoms with Crippen molar-refractivity contribution < 1.29 is 9.53 Å². The number of nitrogens with zero attached hydrogens (tertiary/aromatic N) is 1. The Bertz CT molecular complexity index is 377. The Hall–Kier alpha value is -0.900. The average Bonchev–Trinajstić information content (AvgIpc) is 3.09. The van der Waals surface area contributed by atoms with Crippen LogP contribution >= 0.6 is 15.9 Å². The second-order valence-corrected chi connectivity index (χ2v) is 4.49. The highest BCUT2D eigenvalue weighted by atomic mass is 79.9. The number of hydrogen-bond acceptors (Lipinski definition) is 3. The zero-order chi connectivity index (χ0) is 11.5. The Morgan fingerprint density at radius 1 is 1.62 bits per heavy atom. The van der Waals surface area contributed by atoms with Gasteiger partial charge in [-0.2, -0.15) is 0 Å². The van der Waals surface area contributed by atoms with Gasteiger partial charge >= 0.3 is 5.97 Å². The maximum Gasteiger partial charge on any atom is 0.309 e. The molecule has 0 spiro atoms. The van der Waals surface area contributed by atoms with Gasteiger partial charge in [0, 0.05) is 23.1 Å². The fourth-order valence-electron chi connectivity index (χ4n) is 1.77. The molecule has 0 radical (unpaired) electrons. The van der Waals surface area contributed by atoms with Gasteiger partial charge in [0.05, 0.1) is 12.5 Å². The monoisotopic (exact) mass is 283 g/mol. The molecule has 1 aliphatic rings. The molecule has 0 saturated heterocycles. The summed E-state index contributed by atoms with van der Waals surface area (Å²) in [5, 5.41) is 0.812. The van der Waals surface area contributed by atoms with Crippen molar-refractivity contribution in [2.24, 2.45) is 5.92 Å². The molecule has 3 nitrogen and oxygen atoms in total. The molecule has 0 N–H and O–H groups in total. The van der Waals surface area contributed by atoms with Crippen molar-refractivity contribution >= 4 is 21.9 Å². The first-order valence-corrected chi connectivity index (χ1v) is 6.55. The predicted molar refractivity (Wildman–Crippen MR) is 64.3 cm³/mol. The van der Waals surface area contributed by atoms with Crippen molar-refractivity contribution in [3.05, 3.63) is 29.6 Å². The summed E-state index contributed by atoms with van der Waals surface area (Å²) in [6.07, 6.45) is 2.73. The highest BCUT2D eigenvalue weighted by molar-refractivity contribution is 9.08. The first-order chi connectivity index (χ1) is 7.76. The number of carbonyl (C=O) groups is 1. The van der Waals surface area contributed by atoms with Gasteiger partial charge in [-0.15, -0.1) is 0 Å². The van der Waals surface area contributed by atoms with Crippen molar-refractivity contribution in [3.63, 3.8) is 0 Å². The lowest BCUT2D eigenvalue weighted by molar-refractivity contribution is -0.144. The number of aromatic nitrogens is 1. The first-order valence-electron chi connectivity index (χ1n) is 5.43. The van der Waals surface area contributed by atoms with E-state index in [0.717, 1.165) is 23.0 Å². The molecule has 0 aromatic carbocycles. The number of pyridine rings is 1. The van der Waals surface area contributed by atoms with Gasteiger partial charge in [-0.1, -0.05) is 22.0 Å². The fourth-order valence-corrected chi connectivity index (χ4v) is 2.10. The van der Waals surface area contributed by atoms with Gasteiger partial charge in [0.25, 0.3) is 0 Å². The number of esters is 1. The van der Waals surface area contributed by atoms with Crippen LogP contribution in [-0.2, 0) is 14.9 Å². The van der Waals surface area contributed by atoms with Crippen molar-refractivity contribution in [2.75, 3.05) is 6.61 Å². The lowest BCUT2D eigenvalue weighted by Gasteiger charge is -2.01. The van der Waals surface area contributed by atoms with E-state index in [1.165, 1.54) is 0 Å². The van der Waals surface area contributed by atoms with E-state index in [1.807, 2.05) is 25.3 Å². The highest BCUT2D eigenvalue weighted by Gasteiger charge is 2.45. The van der Waals surface area contributed by atoms with Crippen LogP contribution < -0.4 is 0 Å². The van der Waals surface area contributed by atoms with Crippen LogP contribution in [0.4, 0.5) is 0 Å². The molecule has 0 aliphatic heterocycles. The van der Waals surface area contributed by atoms with E-state index in [2.05, 4.69) is 20.9 Å². The molecule has 1 heterocycles. The number of alkyl halides is 1. The standard InChI is InChI=1S/C12H14BrNO2/c1-2-16-12(15)10-5-9(10)11-4-3-8(6-13)7-14-11/h3-4,7,9-10H,2,5-6H2,1H3. The third-order valence-corrected chi connectivity index (χ3v) is 3.41. The number of carbonyl (C=O) groups excluding carboxylic acids is 1. The minimum Gasteiger partial charge on any atom is -0.466 e. The molecule has 1 aromatic heterocycles. The maximum absolute atomic E-state index is 11.5. The normalized spacial score (nSPS) is 22.9. The molecule has 1 aromatic rings. The Labute approximate surface area is 103 Å². The van der Waals surface area contributed by atoms with Crippen molar-refractivity contribution in [2.45, 2.75) is 24.6 Å². The van der Waals surface area contributed by atoms with E-state index in [1.54, 1.807) is 0 Å². The Kier molecular flexibility index (Phi) is 3.59. The second kappa shape index (κ2) is 4.95.